The summed E-state index contributed by atoms with van der Waals surface area (Å²) in [6.07, 6.45) is 4.81. The van der Waals surface area contributed by atoms with E-state index in [0.717, 1.165) is 29.5 Å². The average Bonchev–Trinajstić information content (AvgIpc) is 2.82. The quantitative estimate of drug-likeness (QED) is 0.336. The van der Waals surface area contributed by atoms with Crippen LogP contribution in [-0.4, -0.2) is 32.8 Å². The molecule has 0 radical (unpaired) electrons. The van der Waals surface area contributed by atoms with Gasteiger partial charge >= 0.3 is 0 Å². The van der Waals surface area contributed by atoms with E-state index in [1.165, 1.54) is 5.56 Å². The highest BCUT2D eigenvalue weighted by Crippen LogP contribution is 2.27. The van der Waals surface area contributed by atoms with Crippen LogP contribution in [0.4, 0.5) is 0 Å². The van der Waals surface area contributed by atoms with Crippen molar-refractivity contribution >= 4 is 16.8 Å². The number of amides is 1. The van der Waals surface area contributed by atoms with Crippen LogP contribution in [0, 0.1) is 0 Å². The second-order valence-corrected chi connectivity index (χ2v) is 6.99. The standard InChI is InChI=1S/C24H21N3O3/c28-13-1-2-16-3-5-17(6-4-16)18-7-9-19(10-8-18)22-14-21(24(29)27-30)20-11-12-25-15-23(20)26-22/h3-12,14-15,28,30H,1-2,13H2,(H,27,29). The number of rotatable bonds is 6. The first kappa shape index (κ1) is 19.7. The van der Waals surface area contributed by atoms with Crippen molar-refractivity contribution in [2.45, 2.75) is 12.8 Å². The summed E-state index contributed by atoms with van der Waals surface area (Å²) >= 11 is 0. The summed E-state index contributed by atoms with van der Waals surface area (Å²) in [5, 5.41) is 18.7. The maximum Gasteiger partial charge on any atom is 0.275 e. The van der Waals surface area contributed by atoms with E-state index in [2.05, 4.69) is 34.2 Å². The lowest BCUT2D eigenvalue weighted by atomic mass is 9.99. The van der Waals surface area contributed by atoms with Crippen LogP contribution in [0.5, 0.6) is 0 Å². The number of benzene rings is 2. The lowest BCUT2D eigenvalue weighted by molar-refractivity contribution is 0.0708. The monoisotopic (exact) mass is 399 g/mol. The summed E-state index contributed by atoms with van der Waals surface area (Å²) in [4.78, 5) is 20.8. The molecule has 0 bridgehead atoms. The molecule has 0 aliphatic rings. The molecule has 1 amide bonds. The summed E-state index contributed by atoms with van der Waals surface area (Å²) in [5.74, 6) is -0.590. The predicted molar refractivity (Wildman–Crippen MR) is 115 cm³/mol. The van der Waals surface area contributed by atoms with Gasteiger partial charge in [-0.15, -0.1) is 0 Å². The van der Waals surface area contributed by atoms with Crippen LogP contribution in [0.25, 0.3) is 33.3 Å². The maximum absolute atomic E-state index is 12.1. The zero-order valence-electron chi connectivity index (χ0n) is 16.2. The van der Waals surface area contributed by atoms with Gasteiger partial charge in [0.15, 0.2) is 0 Å². The van der Waals surface area contributed by atoms with Crippen LogP contribution in [0.3, 0.4) is 0 Å². The predicted octanol–water partition coefficient (Wildman–Crippen LogP) is 4.01. The largest absolute Gasteiger partial charge is 0.396 e. The normalized spacial score (nSPS) is 10.9. The Morgan fingerprint density at radius 1 is 0.933 bits per heavy atom. The van der Waals surface area contributed by atoms with Crippen molar-refractivity contribution in [3.63, 3.8) is 0 Å². The van der Waals surface area contributed by atoms with Gasteiger partial charge in [0.05, 0.1) is 23.0 Å². The molecule has 0 aliphatic heterocycles. The minimum atomic E-state index is -0.590. The number of aliphatic hydroxyl groups excluding tert-OH is 1. The van der Waals surface area contributed by atoms with Gasteiger partial charge in [0.2, 0.25) is 0 Å². The highest BCUT2D eigenvalue weighted by molar-refractivity contribution is 6.06. The fourth-order valence-corrected chi connectivity index (χ4v) is 3.46. The molecule has 0 saturated carbocycles. The SMILES string of the molecule is O=C(NO)c1cc(-c2ccc(-c3ccc(CCCO)cc3)cc2)nc2cnccc12. The zero-order valence-corrected chi connectivity index (χ0v) is 16.2. The number of nitrogens with one attached hydrogen (secondary N) is 1. The Balaban J connectivity index is 1.66. The smallest absolute Gasteiger partial charge is 0.275 e. The summed E-state index contributed by atoms with van der Waals surface area (Å²) in [6.45, 7) is 0.198. The summed E-state index contributed by atoms with van der Waals surface area (Å²) in [5.41, 5.74) is 7.47. The number of hydroxylamine groups is 1. The van der Waals surface area contributed by atoms with Crippen LogP contribution >= 0.6 is 0 Å². The second-order valence-electron chi connectivity index (χ2n) is 6.99. The van der Waals surface area contributed by atoms with Crippen molar-refractivity contribution in [3.8, 4) is 22.4 Å². The molecule has 0 unspecified atom stereocenters. The number of pyridine rings is 2. The van der Waals surface area contributed by atoms with Crippen molar-refractivity contribution in [3.05, 3.63) is 84.2 Å². The van der Waals surface area contributed by atoms with Crippen molar-refractivity contribution < 1.29 is 15.1 Å². The van der Waals surface area contributed by atoms with Crippen LogP contribution in [0.2, 0.25) is 0 Å². The number of aromatic nitrogens is 2. The van der Waals surface area contributed by atoms with Crippen molar-refractivity contribution in [2.75, 3.05) is 6.61 Å². The van der Waals surface area contributed by atoms with Crippen LogP contribution in [0.1, 0.15) is 22.3 Å². The molecule has 0 saturated heterocycles. The van der Waals surface area contributed by atoms with Crippen LogP contribution in [0.15, 0.2) is 73.1 Å². The zero-order chi connectivity index (χ0) is 20.9. The third-order valence-electron chi connectivity index (χ3n) is 5.05. The molecule has 6 nitrogen and oxygen atoms in total. The lowest BCUT2D eigenvalue weighted by Crippen LogP contribution is -2.19. The molecule has 150 valence electrons. The molecule has 0 spiro atoms. The van der Waals surface area contributed by atoms with E-state index in [-0.39, 0.29) is 6.61 Å². The van der Waals surface area contributed by atoms with Gasteiger partial charge in [-0.2, -0.15) is 0 Å². The van der Waals surface area contributed by atoms with E-state index in [9.17, 15) is 4.79 Å². The number of nitrogens with zero attached hydrogens (tertiary/aromatic N) is 2. The average molecular weight is 399 g/mol. The molecule has 6 heteroatoms. The third-order valence-corrected chi connectivity index (χ3v) is 5.05. The molecule has 2 aromatic carbocycles. The van der Waals surface area contributed by atoms with Gasteiger partial charge in [-0.3, -0.25) is 15.0 Å². The Hall–Kier alpha value is -3.61. The summed E-state index contributed by atoms with van der Waals surface area (Å²) in [6, 6.07) is 19.6. The molecule has 0 atom stereocenters. The van der Waals surface area contributed by atoms with E-state index < -0.39 is 5.91 Å². The maximum atomic E-state index is 12.1. The summed E-state index contributed by atoms with van der Waals surface area (Å²) in [7, 11) is 0. The Labute approximate surface area is 173 Å². The Bertz CT molecular complexity index is 1170. The first-order chi connectivity index (χ1) is 14.7. The Morgan fingerprint density at radius 3 is 2.27 bits per heavy atom. The van der Waals surface area contributed by atoms with Gasteiger partial charge in [-0.25, -0.2) is 10.5 Å². The summed E-state index contributed by atoms with van der Waals surface area (Å²) < 4.78 is 0. The van der Waals surface area contributed by atoms with Gasteiger partial charge < -0.3 is 5.11 Å². The van der Waals surface area contributed by atoms with E-state index >= 15 is 0 Å². The first-order valence-electron chi connectivity index (χ1n) is 9.69. The molecule has 4 aromatic rings. The number of carbonyl (C=O) groups is 1. The number of aryl methyl sites for hydroxylation is 1. The van der Waals surface area contributed by atoms with E-state index in [4.69, 9.17) is 10.3 Å². The highest BCUT2D eigenvalue weighted by Gasteiger charge is 2.13. The lowest BCUT2D eigenvalue weighted by Gasteiger charge is -2.09. The van der Waals surface area contributed by atoms with Gasteiger partial charge in [0.1, 0.15) is 0 Å². The van der Waals surface area contributed by atoms with Gasteiger partial charge in [0, 0.05) is 23.8 Å². The number of fused-ring (bicyclic) bond motifs is 1. The molecule has 2 heterocycles. The van der Waals surface area contributed by atoms with Crippen molar-refractivity contribution in [1.82, 2.24) is 15.4 Å². The van der Waals surface area contributed by atoms with Crippen molar-refractivity contribution in [2.24, 2.45) is 0 Å². The first-order valence-corrected chi connectivity index (χ1v) is 9.69. The fourth-order valence-electron chi connectivity index (χ4n) is 3.46. The second kappa shape index (κ2) is 8.82. The number of hydrogen-bond acceptors (Lipinski definition) is 5. The molecule has 30 heavy (non-hydrogen) atoms. The molecular formula is C24H21N3O3. The van der Waals surface area contributed by atoms with Crippen molar-refractivity contribution in [1.29, 1.82) is 0 Å². The molecule has 4 rings (SSSR count). The molecule has 0 aliphatic carbocycles. The highest BCUT2D eigenvalue weighted by atomic mass is 16.5. The topological polar surface area (TPSA) is 95.3 Å². The minimum absolute atomic E-state index is 0.198. The Morgan fingerprint density at radius 2 is 1.60 bits per heavy atom. The van der Waals surface area contributed by atoms with E-state index in [1.54, 1.807) is 30.0 Å². The van der Waals surface area contributed by atoms with E-state index in [0.29, 0.717) is 22.2 Å². The fraction of sp³-hybridized carbons (Fsp3) is 0.125. The molecule has 2 aromatic heterocycles. The molecule has 0 fully saturated rings. The van der Waals surface area contributed by atoms with Gasteiger partial charge in [-0.1, -0.05) is 48.5 Å². The molecule has 3 N–H and O–H groups in total. The Kier molecular flexibility index (Phi) is 5.79. The number of hydrogen-bond donors (Lipinski definition) is 3. The minimum Gasteiger partial charge on any atom is -0.396 e. The van der Waals surface area contributed by atoms with Gasteiger partial charge in [0.25, 0.3) is 5.91 Å². The van der Waals surface area contributed by atoms with Crippen LogP contribution in [-0.2, 0) is 6.42 Å². The molecular weight excluding hydrogens is 378 g/mol. The number of carbonyl (C=O) groups excluding carboxylic acids is 1. The third kappa shape index (κ3) is 4.05. The van der Waals surface area contributed by atoms with Crippen LogP contribution < -0.4 is 5.48 Å². The van der Waals surface area contributed by atoms with Gasteiger partial charge in [-0.05, 0) is 41.7 Å². The number of aliphatic hydroxyl groups is 1. The van der Waals surface area contributed by atoms with E-state index in [1.807, 2.05) is 24.3 Å².